The van der Waals surface area contributed by atoms with Gasteiger partial charge in [0.1, 0.15) is 0 Å². The SMILES string of the molecule is CCN(C)CCNC(=NC)NCC(c1ccc(OC)c(OC)c1)N1CCOCC1.I. The predicted octanol–water partition coefficient (Wildman–Crippen LogP) is 1.81. The minimum absolute atomic E-state index is 0. The van der Waals surface area contributed by atoms with Crippen LogP contribution in [-0.4, -0.2) is 96.6 Å². The lowest BCUT2D eigenvalue weighted by molar-refractivity contribution is 0.0169. The van der Waals surface area contributed by atoms with E-state index in [4.69, 9.17) is 14.2 Å². The molecule has 0 saturated carbocycles. The van der Waals surface area contributed by atoms with Crippen molar-refractivity contribution in [2.75, 3.05) is 80.8 Å². The van der Waals surface area contributed by atoms with E-state index in [-0.39, 0.29) is 30.0 Å². The lowest BCUT2D eigenvalue weighted by Crippen LogP contribution is -2.47. The highest BCUT2D eigenvalue weighted by molar-refractivity contribution is 14.0. The Balaban J connectivity index is 0.00000450. The first kappa shape index (κ1) is 26.7. The molecule has 9 heteroatoms. The summed E-state index contributed by atoms with van der Waals surface area (Å²) in [5, 5.41) is 6.88. The zero-order valence-corrected chi connectivity index (χ0v) is 21.3. The number of ether oxygens (including phenoxy) is 3. The molecule has 2 N–H and O–H groups in total. The van der Waals surface area contributed by atoms with Crippen LogP contribution in [0, 0.1) is 0 Å². The number of hydrogen-bond acceptors (Lipinski definition) is 6. The molecule has 172 valence electrons. The summed E-state index contributed by atoms with van der Waals surface area (Å²) >= 11 is 0. The van der Waals surface area contributed by atoms with E-state index < -0.39 is 0 Å². The average Bonchev–Trinajstić information content (AvgIpc) is 2.78. The van der Waals surface area contributed by atoms with Crippen LogP contribution in [0.5, 0.6) is 11.5 Å². The number of rotatable bonds is 10. The molecule has 1 aliphatic rings. The van der Waals surface area contributed by atoms with E-state index in [1.807, 2.05) is 6.07 Å². The molecule has 1 heterocycles. The summed E-state index contributed by atoms with van der Waals surface area (Å²) in [4.78, 5) is 9.08. The standard InChI is InChI=1S/C21H37N5O3.HI/c1-6-25(3)10-9-23-21(22-2)24-16-18(26-11-13-29-14-12-26)17-7-8-19(27-4)20(15-17)28-5;/h7-8,15,18H,6,9-14,16H2,1-5H3,(H2,22,23,24);1H. The summed E-state index contributed by atoms with van der Waals surface area (Å²) in [5.41, 5.74) is 1.18. The molecule has 1 aromatic rings. The van der Waals surface area contributed by atoms with Crippen molar-refractivity contribution in [3.8, 4) is 11.5 Å². The molecular weight excluding hydrogens is 497 g/mol. The summed E-state index contributed by atoms with van der Waals surface area (Å²) < 4.78 is 16.5. The van der Waals surface area contributed by atoms with Gasteiger partial charge in [0.05, 0.1) is 33.5 Å². The first-order chi connectivity index (χ1) is 14.1. The first-order valence-corrected chi connectivity index (χ1v) is 10.3. The molecule has 30 heavy (non-hydrogen) atoms. The lowest BCUT2D eigenvalue weighted by Gasteiger charge is -2.35. The fourth-order valence-electron chi connectivity index (χ4n) is 3.34. The van der Waals surface area contributed by atoms with Gasteiger partial charge >= 0.3 is 0 Å². The number of aliphatic imine (C=N–C) groups is 1. The van der Waals surface area contributed by atoms with Gasteiger partial charge in [0.2, 0.25) is 0 Å². The quantitative estimate of drug-likeness (QED) is 0.269. The fourth-order valence-corrected chi connectivity index (χ4v) is 3.34. The third-order valence-electron chi connectivity index (χ3n) is 5.29. The second kappa shape index (κ2) is 14.7. The van der Waals surface area contributed by atoms with Crippen molar-refractivity contribution in [1.82, 2.24) is 20.4 Å². The number of guanidine groups is 1. The van der Waals surface area contributed by atoms with Crippen LogP contribution < -0.4 is 20.1 Å². The van der Waals surface area contributed by atoms with Crippen molar-refractivity contribution in [3.05, 3.63) is 23.8 Å². The molecule has 1 fully saturated rings. The molecule has 1 saturated heterocycles. The number of morpholine rings is 1. The molecule has 0 aromatic heterocycles. The van der Waals surface area contributed by atoms with E-state index >= 15 is 0 Å². The van der Waals surface area contributed by atoms with E-state index in [0.717, 1.165) is 69.9 Å². The van der Waals surface area contributed by atoms with Gasteiger partial charge in [0.25, 0.3) is 0 Å². The second-order valence-electron chi connectivity index (χ2n) is 7.05. The topological polar surface area (TPSA) is 70.6 Å². The van der Waals surface area contributed by atoms with E-state index in [9.17, 15) is 0 Å². The number of halogens is 1. The predicted molar refractivity (Wildman–Crippen MR) is 133 cm³/mol. The largest absolute Gasteiger partial charge is 0.493 e. The van der Waals surface area contributed by atoms with Gasteiger partial charge in [-0.1, -0.05) is 13.0 Å². The summed E-state index contributed by atoms with van der Waals surface area (Å²) in [6, 6.07) is 6.31. The Morgan fingerprint density at radius 1 is 1.20 bits per heavy atom. The van der Waals surface area contributed by atoms with Crippen molar-refractivity contribution >= 4 is 29.9 Å². The monoisotopic (exact) mass is 535 g/mol. The van der Waals surface area contributed by atoms with Crippen LogP contribution in [0.2, 0.25) is 0 Å². The van der Waals surface area contributed by atoms with Crippen LogP contribution in [0.4, 0.5) is 0 Å². The number of hydrogen-bond donors (Lipinski definition) is 2. The molecule has 8 nitrogen and oxygen atoms in total. The van der Waals surface area contributed by atoms with Crippen LogP contribution in [-0.2, 0) is 4.74 Å². The highest BCUT2D eigenvalue weighted by Crippen LogP contribution is 2.32. The Hall–Kier alpha value is -1.30. The van der Waals surface area contributed by atoms with Crippen molar-refractivity contribution in [2.24, 2.45) is 4.99 Å². The van der Waals surface area contributed by atoms with Gasteiger partial charge in [-0.3, -0.25) is 9.89 Å². The molecule has 0 aliphatic carbocycles. The number of benzene rings is 1. The number of methoxy groups -OCH3 is 2. The van der Waals surface area contributed by atoms with Crippen LogP contribution in [0.3, 0.4) is 0 Å². The van der Waals surface area contributed by atoms with Crippen molar-refractivity contribution in [2.45, 2.75) is 13.0 Å². The van der Waals surface area contributed by atoms with Gasteiger partial charge in [-0.15, -0.1) is 24.0 Å². The molecule has 0 bridgehead atoms. The van der Waals surface area contributed by atoms with Crippen LogP contribution in [0.25, 0.3) is 0 Å². The summed E-state index contributed by atoms with van der Waals surface area (Å²) in [6.07, 6.45) is 0. The lowest BCUT2D eigenvalue weighted by atomic mass is 10.0. The molecule has 1 atom stereocenters. The minimum atomic E-state index is 0. The second-order valence-corrected chi connectivity index (χ2v) is 7.05. The maximum Gasteiger partial charge on any atom is 0.191 e. The number of nitrogens with zero attached hydrogens (tertiary/aromatic N) is 3. The Morgan fingerprint density at radius 3 is 2.50 bits per heavy atom. The summed E-state index contributed by atoms with van der Waals surface area (Å²) in [5.74, 6) is 2.30. The maximum absolute atomic E-state index is 5.55. The van der Waals surface area contributed by atoms with Gasteiger partial charge < -0.3 is 29.7 Å². The number of likely N-dealkylation sites (N-methyl/N-ethyl adjacent to an activating group) is 1. The normalized spacial score (nSPS) is 16.0. The van der Waals surface area contributed by atoms with Crippen molar-refractivity contribution in [3.63, 3.8) is 0 Å². The van der Waals surface area contributed by atoms with Crippen LogP contribution in [0.1, 0.15) is 18.5 Å². The number of nitrogens with one attached hydrogen (secondary N) is 2. The van der Waals surface area contributed by atoms with E-state index in [1.165, 1.54) is 5.56 Å². The molecule has 0 radical (unpaired) electrons. The Kier molecular flexibility index (Phi) is 13.1. The molecule has 2 rings (SSSR count). The van der Waals surface area contributed by atoms with Crippen molar-refractivity contribution in [1.29, 1.82) is 0 Å². The van der Waals surface area contributed by atoms with E-state index in [2.05, 4.69) is 51.5 Å². The molecule has 1 unspecified atom stereocenters. The van der Waals surface area contributed by atoms with Gasteiger partial charge in [0.15, 0.2) is 17.5 Å². The van der Waals surface area contributed by atoms with Gasteiger partial charge in [-0.25, -0.2) is 0 Å². The summed E-state index contributed by atoms with van der Waals surface area (Å²) in [7, 11) is 7.25. The summed E-state index contributed by atoms with van der Waals surface area (Å²) in [6.45, 7) is 9.04. The van der Waals surface area contributed by atoms with Gasteiger partial charge in [-0.05, 0) is 31.3 Å². The molecular formula is C21H38IN5O3. The molecule has 0 amide bonds. The zero-order chi connectivity index (χ0) is 21.1. The van der Waals surface area contributed by atoms with E-state index in [1.54, 1.807) is 21.3 Å². The van der Waals surface area contributed by atoms with Gasteiger partial charge in [0, 0.05) is 39.8 Å². The third kappa shape index (κ3) is 8.09. The average molecular weight is 535 g/mol. The van der Waals surface area contributed by atoms with Crippen LogP contribution >= 0.6 is 24.0 Å². The first-order valence-electron chi connectivity index (χ1n) is 10.3. The minimum Gasteiger partial charge on any atom is -0.493 e. The molecule has 1 aliphatic heterocycles. The third-order valence-corrected chi connectivity index (χ3v) is 5.29. The highest BCUT2D eigenvalue weighted by Gasteiger charge is 2.24. The molecule has 1 aromatic carbocycles. The Bertz CT molecular complexity index is 641. The Morgan fingerprint density at radius 2 is 1.90 bits per heavy atom. The fraction of sp³-hybridized carbons (Fsp3) is 0.667. The maximum atomic E-state index is 5.55. The smallest absolute Gasteiger partial charge is 0.191 e. The zero-order valence-electron chi connectivity index (χ0n) is 18.9. The van der Waals surface area contributed by atoms with Crippen molar-refractivity contribution < 1.29 is 14.2 Å². The molecule has 0 spiro atoms. The Labute approximate surface area is 198 Å². The van der Waals surface area contributed by atoms with Gasteiger partial charge in [-0.2, -0.15) is 0 Å². The highest BCUT2D eigenvalue weighted by atomic mass is 127. The van der Waals surface area contributed by atoms with Crippen LogP contribution in [0.15, 0.2) is 23.2 Å². The van der Waals surface area contributed by atoms with E-state index in [0.29, 0.717) is 0 Å².